The van der Waals surface area contributed by atoms with Crippen LogP contribution in [0, 0.1) is 11.6 Å². The van der Waals surface area contributed by atoms with Gasteiger partial charge < -0.3 is 0 Å². The summed E-state index contributed by atoms with van der Waals surface area (Å²) in [5, 5.41) is 4.68. The predicted octanol–water partition coefficient (Wildman–Crippen LogP) is 5.53. The Morgan fingerprint density at radius 1 is 1.08 bits per heavy atom. The summed E-state index contributed by atoms with van der Waals surface area (Å²) in [6.07, 6.45) is 0. The van der Waals surface area contributed by atoms with Crippen LogP contribution in [0.1, 0.15) is 29.9 Å². The van der Waals surface area contributed by atoms with Crippen molar-refractivity contribution in [1.29, 1.82) is 0 Å². The molecule has 0 aliphatic carbocycles. The van der Waals surface area contributed by atoms with Gasteiger partial charge in [0, 0.05) is 5.56 Å². The van der Waals surface area contributed by atoms with E-state index < -0.39 is 17.7 Å². The molecule has 4 nitrogen and oxygen atoms in total. The minimum Gasteiger partial charge on any atom is -0.273 e. The van der Waals surface area contributed by atoms with Crippen LogP contribution < -0.4 is 0 Å². The summed E-state index contributed by atoms with van der Waals surface area (Å²) >= 11 is 15.8. The fourth-order valence-electron chi connectivity index (χ4n) is 2.92. The molecule has 0 saturated heterocycles. The summed E-state index contributed by atoms with van der Waals surface area (Å²) in [4.78, 5) is 8.83. The fraction of sp³-hybridized carbons (Fsp3) is 0.118. The lowest BCUT2D eigenvalue weighted by Gasteiger charge is -2.14. The van der Waals surface area contributed by atoms with E-state index in [1.807, 2.05) is 0 Å². The van der Waals surface area contributed by atoms with Crippen molar-refractivity contribution in [1.82, 2.24) is 14.8 Å². The lowest BCUT2D eigenvalue weighted by atomic mass is 9.99. The maximum Gasteiger partial charge on any atom is 0.218 e. The minimum absolute atomic E-state index is 0.0685. The van der Waals surface area contributed by atoms with Gasteiger partial charge in [-0.1, -0.05) is 29.3 Å². The van der Waals surface area contributed by atoms with Gasteiger partial charge in [-0.2, -0.15) is 0 Å². The van der Waals surface area contributed by atoms with Gasteiger partial charge in [-0.15, -0.1) is 5.10 Å². The van der Waals surface area contributed by atoms with Crippen molar-refractivity contribution in [3.63, 3.8) is 0 Å². The third-order valence-electron chi connectivity index (χ3n) is 4.04. The van der Waals surface area contributed by atoms with Crippen LogP contribution in [0.3, 0.4) is 0 Å². The molecule has 2 aromatic carbocycles. The van der Waals surface area contributed by atoms with Crippen molar-refractivity contribution in [3.8, 4) is 5.69 Å². The number of fused-ring (bicyclic) bond motifs is 3. The summed E-state index contributed by atoms with van der Waals surface area (Å²) in [5.41, 5.74) is 0.582. The highest BCUT2D eigenvalue weighted by Gasteiger charge is 2.30. The molecule has 1 aromatic heterocycles. The monoisotopic (exact) mass is 456 g/mol. The van der Waals surface area contributed by atoms with Crippen LogP contribution in [0.2, 0.25) is 10.0 Å². The van der Waals surface area contributed by atoms with E-state index in [2.05, 4.69) is 31.0 Å². The van der Waals surface area contributed by atoms with Crippen LogP contribution in [0.5, 0.6) is 0 Å². The molecule has 4 rings (SSSR count). The molecule has 1 atom stereocenters. The van der Waals surface area contributed by atoms with E-state index in [1.165, 1.54) is 18.2 Å². The number of nitrogens with zero attached hydrogens (tertiary/aromatic N) is 4. The lowest BCUT2D eigenvalue weighted by molar-refractivity contribution is 0.578. The molecule has 0 N–H and O–H groups in total. The van der Waals surface area contributed by atoms with E-state index in [-0.39, 0.29) is 21.3 Å². The number of benzene rings is 2. The van der Waals surface area contributed by atoms with Crippen LogP contribution in [0.4, 0.5) is 8.78 Å². The van der Waals surface area contributed by atoms with E-state index in [1.54, 1.807) is 23.7 Å². The summed E-state index contributed by atoms with van der Waals surface area (Å²) in [5.74, 6) is -0.985. The Hall–Kier alpha value is -1.83. The lowest BCUT2D eigenvalue weighted by Crippen LogP contribution is -2.13. The van der Waals surface area contributed by atoms with Crippen molar-refractivity contribution >= 4 is 44.8 Å². The van der Waals surface area contributed by atoms with Crippen LogP contribution in [-0.4, -0.2) is 20.5 Å². The maximum absolute atomic E-state index is 14.5. The largest absolute Gasteiger partial charge is 0.273 e. The van der Waals surface area contributed by atoms with Gasteiger partial charge in [0.15, 0.2) is 5.82 Å². The summed E-state index contributed by atoms with van der Waals surface area (Å²) in [7, 11) is 0. The Morgan fingerprint density at radius 2 is 1.77 bits per heavy atom. The average Bonchev–Trinajstić information content (AvgIpc) is 2.93. The van der Waals surface area contributed by atoms with E-state index in [9.17, 15) is 8.78 Å². The number of aliphatic imine (C=N–C) groups is 1. The van der Waals surface area contributed by atoms with Crippen molar-refractivity contribution in [2.24, 2.45) is 4.99 Å². The van der Waals surface area contributed by atoms with Crippen molar-refractivity contribution in [2.45, 2.75) is 13.0 Å². The highest BCUT2D eigenvalue weighted by molar-refractivity contribution is 9.10. The zero-order valence-electron chi connectivity index (χ0n) is 13.1. The minimum atomic E-state index is -0.744. The first-order valence-electron chi connectivity index (χ1n) is 7.52. The Morgan fingerprint density at radius 3 is 2.46 bits per heavy atom. The molecule has 3 aromatic rings. The normalized spacial score (nSPS) is 15.9. The Balaban J connectivity index is 2.13. The third-order valence-corrected chi connectivity index (χ3v) is 5.18. The first-order valence-corrected chi connectivity index (χ1v) is 9.06. The second-order valence-corrected chi connectivity index (χ2v) is 7.15. The average molecular weight is 458 g/mol. The quantitative estimate of drug-likeness (QED) is 0.482. The second kappa shape index (κ2) is 6.40. The van der Waals surface area contributed by atoms with Gasteiger partial charge >= 0.3 is 0 Å². The molecule has 0 saturated carbocycles. The van der Waals surface area contributed by atoms with Gasteiger partial charge in [0.25, 0.3) is 0 Å². The standard InChI is InChI=1S/C17H9BrCl2F2N4/c1-7-16-24-17(18)25-26(16)11-6-5-8(19)14(20)13(11)15(23-7)12-9(21)3-2-4-10(12)22/h2-7H,1H3. The van der Waals surface area contributed by atoms with Gasteiger partial charge in [0.2, 0.25) is 4.73 Å². The number of hydrogen-bond donors (Lipinski definition) is 0. The third kappa shape index (κ3) is 2.66. The highest BCUT2D eigenvalue weighted by atomic mass is 79.9. The number of hydrogen-bond acceptors (Lipinski definition) is 3. The molecule has 0 spiro atoms. The second-order valence-electron chi connectivity index (χ2n) is 5.66. The molecule has 2 heterocycles. The zero-order chi connectivity index (χ0) is 18.6. The van der Waals surface area contributed by atoms with Crippen LogP contribution in [0.25, 0.3) is 5.69 Å². The van der Waals surface area contributed by atoms with E-state index in [4.69, 9.17) is 23.2 Å². The van der Waals surface area contributed by atoms with E-state index in [0.717, 1.165) is 0 Å². The number of rotatable bonds is 1. The van der Waals surface area contributed by atoms with Crippen LogP contribution in [-0.2, 0) is 0 Å². The van der Waals surface area contributed by atoms with Gasteiger partial charge in [-0.3, -0.25) is 4.99 Å². The molecule has 0 radical (unpaired) electrons. The predicted molar refractivity (Wildman–Crippen MR) is 99.5 cm³/mol. The van der Waals surface area contributed by atoms with E-state index >= 15 is 0 Å². The summed E-state index contributed by atoms with van der Waals surface area (Å²) in [6, 6.07) is 6.36. The Labute approximate surface area is 165 Å². The van der Waals surface area contributed by atoms with Gasteiger partial charge in [0.1, 0.15) is 17.7 Å². The molecule has 0 amide bonds. The smallest absolute Gasteiger partial charge is 0.218 e. The molecule has 1 aliphatic rings. The zero-order valence-corrected chi connectivity index (χ0v) is 16.2. The number of halogens is 5. The molecule has 0 fully saturated rings. The van der Waals surface area contributed by atoms with E-state index in [0.29, 0.717) is 21.8 Å². The molecule has 26 heavy (non-hydrogen) atoms. The maximum atomic E-state index is 14.5. The molecule has 0 bridgehead atoms. The molecule has 1 aliphatic heterocycles. The summed E-state index contributed by atoms with van der Waals surface area (Å²) in [6.45, 7) is 1.76. The Bertz CT molecular complexity index is 1060. The molecule has 132 valence electrons. The SMILES string of the molecule is CC1N=C(c2c(F)cccc2F)c2c(ccc(Cl)c2Cl)-n2nc(Br)nc21. The fourth-order valence-corrected chi connectivity index (χ4v) is 3.66. The number of aromatic nitrogens is 3. The first-order chi connectivity index (χ1) is 12.4. The topological polar surface area (TPSA) is 43.1 Å². The first kappa shape index (κ1) is 17.6. The molecule has 9 heteroatoms. The van der Waals surface area contributed by atoms with Gasteiger partial charge in [0.05, 0.1) is 27.0 Å². The van der Waals surface area contributed by atoms with Crippen molar-refractivity contribution in [3.05, 3.63) is 73.7 Å². The van der Waals surface area contributed by atoms with Crippen LogP contribution >= 0.6 is 39.1 Å². The van der Waals surface area contributed by atoms with Crippen LogP contribution in [0.15, 0.2) is 40.1 Å². The highest BCUT2D eigenvalue weighted by Crippen LogP contribution is 2.38. The van der Waals surface area contributed by atoms with Crippen molar-refractivity contribution < 1.29 is 8.78 Å². The molecular formula is C17H9BrCl2F2N4. The Kier molecular flexibility index (Phi) is 4.33. The van der Waals surface area contributed by atoms with Gasteiger partial charge in [-0.25, -0.2) is 18.4 Å². The summed E-state index contributed by atoms with van der Waals surface area (Å²) < 4.78 is 30.9. The molecule has 1 unspecified atom stereocenters. The molecular weight excluding hydrogens is 449 g/mol. The van der Waals surface area contributed by atoms with Crippen molar-refractivity contribution in [2.75, 3.05) is 0 Å². The van der Waals surface area contributed by atoms with Gasteiger partial charge in [-0.05, 0) is 47.1 Å².